The quantitative estimate of drug-likeness (QED) is 0.675. The third-order valence-corrected chi connectivity index (χ3v) is 3.87. The van der Waals surface area contributed by atoms with Gasteiger partial charge in [0.15, 0.2) is 5.75 Å². The lowest BCUT2D eigenvalue weighted by atomic mass is 10.2. The van der Waals surface area contributed by atoms with Crippen LogP contribution in [0.5, 0.6) is 5.75 Å². The Morgan fingerprint density at radius 3 is 2.92 bits per heavy atom. The lowest BCUT2D eigenvalue weighted by molar-refractivity contribution is -0.115. The number of nitriles is 1. The zero-order valence-corrected chi connectivity index (χ0v) is 13.9. The first-order valence-corrected chi connectivity index (χ1v) is 8.01. The molecule has 0 aliphatic carbocycles. The van der Waals surface area contributed by atoms with Gasteiger partial charge in [-0.15, -0.1) is 0 Å². The second-order valence-electron chi connectivity index (χ2n) is 5.69. The number of para-hydroxylation sites is 1. The number of aromatic hydroxyl groups is 1. The van der Waals surface area contributed by atoms with E-state index in [1.807, 2.05) is 11.0 Å². The smallest absolute Gasteiger partial charge is 0.252 e. The minimum Gasteiger partial charge on any atom is -0.504 e. The second kappa shape index (κ2) is 7.67. The number of anilines is 2. The molecule has 9 heteroatoms. The molecule has 26 heavy (non-hydrogen) atoms. The number of H-pyrrole nitrogens is 1. The van der Waals surface area contributed by atoms with Crippen molar-refractivity contribution in [1.29, 1.82) is 5.26 Å². The molecule has 3 N–H and O–H groups in total. The van der Waals surface area contributed by atoms with Crippen molar-refractivity contribution in [3.8, 4) is 11.8 Å². The Morgan fingerprint density at radius 2 is 2.19 bits per heavy atom. The first-order valence-electron chi connectivity index (χ1n) is 8.01. The van der Waals surface area contributed by atoms with Gasteiger partial charge in [0, 0.05) is 19.2 Å². The summed E-state index contributed by atoms with van der Waals surface area (Å²) >= 11 is 0. The molecule has 1 aliphatic rings. The van der Waals surface area contributed by atoms with Crippen LogP contribution >= 0.6 is 0 Å². The van der Waals surface area contributed by atoms with Gasteiger partial charge in [0.25, 0.3) is 5.56 Å². The summed E-state index contributed by atoms with van der Waals surface area (Å²) in [5.74, 6) is -0.0638. The Balaban J connectivity index is 1.74. The summed E-state index contributed by atoms with van der Waals surface area (Å²) in [4.78, 5) is 32.9. The molecular formula is C17H17N5O4. The van der Waals surface area contributed by atoms with Crippen molar-refractivity contribution in [2.45, 2.75) is 6.42 Å². The lowest BCUT2D eigenvalue weighted by Crippen LogP contribution is -2.37. The summed E-state index contributed by atoms with van der Waals surface area (Å²) in [5.41, 5.74) is -0.164. The maximum atomic E-state index is 12.2. The molecule has 0 radical (unpaired) electrons. The van der Waals surface area contributed by atoms with Gasteiger partial charge in [-0.1, -0.05) is 6.07 Å². The molecule has 134 valence electrons. The molecule has 0 bridgehead atoms. The van der Waals surface area contributed by atoms with Gasteiger partial charge in [-0.05, 0) is 12.1 Å². The van der Waals surface area contributed by atoms with Crippen LogP contribution in [0, 0.1) is 11.3 Å². The fourth-order valence-electron chi connectivity index (χ4n) is 2.61. The number of phenols is 1. The summed E-state index contributed by atoms with van der Waals surface area (Å²) in [6, 6.07) is 7.69. The molecule has 1 aromatic carbocycles. The average molecular weight is 355 g/mol. The van der Waals surface area contributed by atoms with Gasteiger partial charge in [0.2, 0.25) is 5.91 Å². The Bertz CT molecular complexity index is 912. The summed E-state index contributed by atoms with van der Waals surface area (Å²) in [6.07, 6.45) is -0.177. The van der Waals surface area contributed by atoms with E-state index in [1.165, 1.54) is 18.2 Å². The van der Waals surface area contributed by atoms with Gasteiger partial charge in [-0.25, -0.2) is 4.98 Å². The van der Waals surface area contributed by atoms with E-state index in [0.717, 1.165) is 0 Å². The Morgan fingerprint density at radius 1 is 1.42 bits per heavy atom. The first-order chi connectivity index (χ1) is 12.6. The van der Waals surface area contributed by atoms with Crippen molar-refractivity contribution in [3.63, 3.8) is 0 Å². The number of rotatable bonds is 4. The van der Waals surface area contributed by atoms with Crippen LogP contribution in [-0.4, -0.2) is 47.3 Å². The minimum absolute atomic E-state index is 0.0589. The minimum atomic E-state index is -0.474. The summed E-state index contributed by atoms with van der Waals surface area (Å²) < 4.78 is 5.28. The number of carbonyl (C=O) groups excluding carboxylic acids is 1. The predicted molar refractivity (Wildman–Crippen MR) is 93.0 cm³/mol. The number of phenolic OH excluding ortho intramolecular Hbond substituents is 1. The third kappa shape index (κ3) is 3.99. The molecule has 0 saturated carbocycles. The van der Waals surface area contributed by atoms with Crippen molar-refractivity contribution >= 4 is 17.4 Å². The average Bonchev–Trinajstić information content (AvgIpc) is 2.63. The van der Waals surface area contributed by atoms with Crippen LogP contribution in [-0.2, 0) is 16.0 Å². The van der Waals surface area contributed by atoms with Crippen LogP contribution < -0.4 is 15.8 Å². The van der Waals surface area contributed by atoms with Crippen molar-refractivity contribution in [2.75, 3.05) is 36.5 Å². The number of benzene rings is 1. The maximum absolute atomic E-state index is 12.2. The molecule has 1 saturated heterocycles. The molecule has 3 rings (SSSR count). The van der Waals surface area contributed by atoms with Crippen LogP contribution in [0.4, 0.5) is 11.5 Å². The Kier molecular flexibility index (Phi) is 5.15. The molecule has 0 unspecified atom stereocenters. The fraction of sp³-hybridized carbons (Fsp3) is 0.294. The van der Waals surface area contributed by atoms with Gasteiger partial charge in [0.1, 0.15) is 17.7 Å². The number of nitrogens with zero attached hydrogens (tertiary/aromatic N) is 3. The normalized spacial score (nSPS) is 13.9. The summed E-state index contributed by atoms with van der Waals surface area (Å²) in [5, 5.41) is 21.4. The van der Waals surface area contributed by atoms with Crippen LogP contribution in [0.2, 0.25) is 0 Å². The number of hydrogen-bond donors (Lipinski definition) is 3. The third-order valence-electron chi connectivity index (χ3n) is 3.87. The predicted octanol–water partition coefficient (Wildman–Crippen LogP) is 0.365. The first kappa shape index (κ1) is 17.4. The van der Waals surface area contributed by atoms with E-state index in [2.05, 4.69) is 15.3 Å². The largest absolute Gasteiger partial charge is 0.504 e. The van der Waals surface area contributed by atoms with Crippen LogP contribution in [0.25, 0.3) is 0 Å². The molecule has 2 aromatic rings. The van der Waals surface area contributed by atoms with E-state index in [-0.39, 0.29) is 34.8 Å². The van der Waals surface area contributed by atoms with Crippen LogP contribution in [0.15, 0.2) is 29.1 Å². The Labute approximate surface area is 148 Å². The number of aromatic nitrogens is 2. The van der Waals surface area contributed by atoms with E-state index >= 15 is 0 Å². The molecule has 1 aliphatic heterocycles. The zero-order valence-electron chi connectivity index (χ0n) is 13.9. The monoisotopic (exact) mass is 355 g/mol. The standard InChI is InChI=1S/C17H17N5O4/c18-10-11-2-1-3-12(17(11)25)19-15(23)8-13-20-14(9-16(24)21-13)22-4-6-26-7-5-22/h1-3,9,25H,4-8H2,(H,19,23)(H,20,21,24). The van der Waals surface area contributed by atoms with E-state index < -0.39 is 5.91 Å². The number of amides is 1. The number of nitrogens with one attached hydrogen (secondary N) is 2. The highest BCUT2D eigenvalue weighted by molar-refractivity contribution is 5.93. The highest BCUT2D eigenvalue weighted by Crippen LogP contribution is 2.26. The van der Waals surface area contributed by atoms with Crippen LogP contribution in [0.3, 0.4) is 0 Å². The van der Waals surface area contributed by atoms with Crippen LogP contribution in [0.1, 0.15) is 11.4 Å². The second-order valence-corrected chi connectivity index (χ2v) is 5.69. The van der Waals surface area contributed by atoms with E-state index in [9.17, 15) is 14.7 Å². The molecule has 9 nitrogen and oxygen atoms in total. The highest BCUT2D eigenvalue weighted by atomic mass is 16.5. The summed E-state index contributed by atoms with van der Waals surface area (Å²) in [7, 11) is 0. The van der Waals surface area contributed by atoms with Crippen molar-refractivity contribution in [2.24, 2.45) is 0 Å². The van der Waals surface area contributed by atoms with Gasteiger partial charge in [-0.2, -0.15) is 5.26 Å². The summed E-state index contributed by atoms with van der Waals surface area (Å²) in [6.45, 7) is 2.35. The van der Waals surface area contributed by atoms with E-state index in [1.54, 1.807) is 6.07 Å². The lowest BCUT2D eigenvalue weighted by Gasteiger charge is -2.27. The Hall–Kier alpha value is -3.38. The van der Waals surface area contributed by atoms with Crippen molar-refractivity contribution in [3.05, 3.63) is 46.0 Å². The molecule has 1 amide bonds. The number of carbonyl (C=O) groups is 1. The number of aromatic amines is 1. The number of ether oxygens (including phenoxy) is 1. The molecular weight excluding hydrogens is 338 g/mol. The van der Waals surface area contributed by atoms with E-state index in [0.29, 0.717) is 32.1 Å². The number of morpholine rings is 1. The molecule has 2 heterocycles. The van der Waals surface area contributed by atoms with Gasteiger partial charge in [-0.3, -0.25) is 9.59 Å². The fourth-order valence-corrected chi connectivity index (χ4v) is 2.61. The van der Waals surface area contributed by atoms with Gasteiger partial charge in [0.05, 0.1) is 30.9 Å². The van der Waals surface area contributed by atoms with Crippen molar-refractivity contribution < 1.29 is 14.6 Å². The molecule has 0 spiro atoms. The maximum Gasteiger partial charge on any atom is 0.252 e. The SMILES string of the molecule is N#Cc1cccc(NC(=O)Cc2nc(N3CCOCC3)cc(=O)[nH]2)c1O. The van der Waals surface area contributed by atoms with Crippen molar-refractivity contribution in [1.82, 2.24) is 9.97 Å². The molecule has 1 aromatic heterocycles. The molecule has 0 atom stereocenters. The molecule has 1 fully saturated rings. The number of hydrogen-bond acceptors (Lipinski definition) is 7. The highest BCUT2D eigenvalue weighted by Gasteiger charge is 2.16. The topological polar surface area (TPSA) is 131 Å². The zero-order chi connectivity index (χ0) is 18.5. The van der Waals surface area contributed by atoms with Gasteiger partial charge >= 0.3 is 0 Å². The van der Waals surface area contributed by atoms with Gasteiger partial charge < -0.3 is 25.0 Å². The van der Waals surface area contributed by atoms with E-state index in [4.69, 9.17) is 10.00 Å².